The number of amides is 3. The number of anilines is 2. The van der Waals surface area contributed by atoms with Gasteiger partial charge in [0, 0.05) is 11.8 Å². The Bertz CT molecular complexity index is 1130. The molecule has 0 bridgehead atoms. The van der Waals surface area contributed by atoms with Gasteiger partial charge in [0.2, 0.25) is 5.91 Å². The monoisotopic (exact) mass is 437 g/mol. The molecule has 2 heterocycles. The second-order valence-corrected chi connectivity index (χ2v) is 7.61. The first-order valence-electron chi connectivity index (χ1n) is 9.98. The van der Waals surface area contributed by atoms with Crippen molar-refractivity contribution in [3.05, 3.63) is 47.5 Å². The lowest BCUT2D eigenvalue weighted by atomic mass is 10.1. The first-order valence-corrected chi connectivity index (χ1v) is 9.98. The van der Waals surface area contributed by atoms with Gasteiger partial charge in [0.25, 0.3) is 11.8 Å². The zero-order valence-corrected chi connectivity index (χ0v) is 18.2. The van der Waals surface area contributed by atoms with Gasteiger partial charge in [-0.15, -0.1) is 0 Å². The Hall–Kier alpha value is -3.95. The molecule has 1 saturated heterocycles. The van der Waals surface area contributed by atoms with E-state index in [2.05, 4.69) is 15.7 Å². The fourth-order valence-corrected chi connectivity index (χ4v) is 3.78. The van der Waals surface area contributed by atoms with Gasteiger partial charge in [-0.3, -0.25) is 19.4 Å². The molecule has 1 fully saturated rings. The number of rotatable bonds is 6. The van der Waals surface area contributed by atoms with Crippen LogP contribution in [0.2, 0.25) is 0 Å². The molecular formula is C22H23N5O5. The SMILES string of the molecule is COc1ccc(N2C(=O)[C@@H]3N=NN(CC(=O)Nc4cc(C)ccc4C)[C@H]3C2=O)cc1OC. The van der Waals surface area contributed by atoms with Crippen LogP contribution >= 0.6 is 0 Å². The first-order chi connectivity index (χ1) is 15.3. The minimum atomic E-state index is -0.996. The zero-order valence-electron chi connectivity index (χ0n) is 18.2. The molecule has 166 valence electrons. The largest absolute Gasteiger partial charge is 0.493 e. The average Bonchev–Trinajstić information content (AvgIpc) is 3.29. The number of hydrogen-bond donors (Lipinski definition) is 1. The summed E-state index contributed by atoms with van der Waals surface area (Å²) >= 11 is 0. The normalized spacial score (nSPS) is 19.4. The molecule has 3 amide bonds. The second kappa shape index (κ2) is 8.29. The van der Waals surface area contributed by atoms with Crippen molar-refractivity contribution in [3.8, 4) is 11.5 Å². The van der Waals surface area contributed by atoms with Gasteiger partial charge in [-0.1, -0.05) is 17.4 Å². The summed E-state index contributed by atoms with van der Waals surface area (Å²) in [6, 6.07) is 8.51. The maximum atomic E-state index is 13.1. The minimum absolute atomic E-state index is 0.211. The lowest BCUT2D eigenvalue weighted by Crippen LogP contribution is -2.43. The molecule has 10 nitrogen and oxygen atoms in total. The van der Waals surface area contributed by atoms with E-state index in [1.165, 1.54) is 19.2 Å². The predicted molar refractivity (Wildman–Crippen MR) is 116 cm³/mol. The quantitative estimate of drug-likeness (QED) is 0.694. The summed E-state index contributed by atoms with van der Waals surface area (Å²) in [7, 11) is 2.96. The third-order valence-corrected chi connectivity index (χ3v) is 5.46. The highest BCUT2D eigenvalue weighted by molar-refractivity contribution is 6.25. The van der Waals surface area contributed by atoms with Crippen molar-refractivity contribution in [1.82, 2.24) is 5.01 Å². The summed E-state index contributed by atoms with van der Waals surface area (Å²) < 4.78 is 10.5. The molecule has 1 N–H and O–H groups in total. The van der Waals surface area contributed by atoms with Crippen LogP contribution < -0.4 is 19.7 Å². The van der Waals surface area contributed by atoms with Gasteiger partial charge in [-0.05, 0) is 43.2 Å². The number of ether oxygens (including phenoxy) is 2. The highest BCUT2D eigenvalue weighted by Gasteiger charge is 2.55. The number of nitrogens with one attached hydrogen (secondary N) is 1. The Balaban J connectivity index is 1.52. The highest BCUT2D eigenvalue weighted by atomic mass is 16.5. The number of methoxy groups -OCH3 is 2. The maximum absolute atomic E-state index is 13.1. The summed E-state index contributed by atoms with van der Waals surface area (Å²) in [6.45, 7) is 3.61. The molecule has 2 atom stereocenters. The second-order valence-electron chi connectivity index (χ2n) is 7.61. The van der Waals surface area contributed by atoms with Crippen molar-refractivity contribution >= 4 is 29.1 Å². The van der Waals surface area contributed by atoms with E-state index in [-0.39, 0.29) is 12.5 Å². The molecule has 0 saturated carbocycles. The van der Waals surface area contributed by atoms with Crippen LogP contribution in [0, 0.1) is 13.8 Å². The lowest BCUT2D eigenvalue weighted by Gasteiger charge is -2.21. The van der Waals surface area contributed by atoms with E-state index in [9.17, 15) is 14.4 Å². The van der Waals surface area contributed by atoms with Crippen LogP contribution in [0.1, 0.15) is 11.1 Å². The van der Waals surface area contributed by atoms with Crippen molar-refractivity contribution < 1.29 is 23.9 Å². The minimum Gasteiger partial charge on any atom is -0.493 e. The number of carbonyl (C=O) groups is 3. The first kappa shape index (κ1) is 21.3. The van der Waals surface area contributed by atoms with Crippen LogP contribution in [0.3, 0.4) is 0 Å². The number of nitrogens with zero attached hydrogens (tertiary/aromatic N) is 4. The third-order valence-electron chi connectivity index (χ3n) is 5.46. The van der Waals surface area contributed by atoms with Gasteiger partial charge in [0.15, 0.2) is 23.6 Å². The molecule has 4 rings (SSSR count). The number of benzene rings is 2. The Morgan fingerprint density at radius 1 is 1.03 bits per heavy atom. The van der Waals surface area contributed by atoms with Crippen molar-refractivity contribution in [3.63, 3.8) is 0 Å². The fraction of sp³-hybridized carbons (Fsp3) is 0.318. The van der Waals surface area contributed by atoms with Gasteiger partial charge in [0.05, 0.1) is 19.9 Å². The molecule has 0 spiro atoms. The lowest BCUT2D eigenvalue weighted by molar-refractivity contribution is -0.123. The third kappa shape index (κ3) is 3.64. The predicted octanol–water partition coefficient (Wildman–Crippen LogP) is 2.25. The number of aryl methyl sites for hydroxylation is 2. The Morgan fingerprint density at radius 3 is 2.50 bits per heavy atom. The molecule has 0 aliphatic carbocycles. The molecule has 2 aromatic rings. The molecule has 32 heavy (non-hydrogen) atoms. The van der Waals surface area contributed by atoms with Crippen molar-refractivity contribution in [2.75, 3.05) is 31.0 Å². The van der Waals surface area contributed by atoms with Crippen molar-refractivity contribution in [2.24, 2.45) is 10.3 Å². The number of imide groups is 1. The molecular weight excluding hydrogens is 414 g/mol. The van der Waals surface area contributed by atoms with Crippen LogP contribution in [-0.2, 0) is 14.4 Å². The van der Waals surface area contributed by atoms with Gasteiger partial charge in [-0.25, -0.2) is 4.90 Å². The van der Waals surface area contributed by atoms with Gasteiger partial charge >= 0.3 is 0 Å². The summed E-state index contributed by atoms with van der Waals surface area (Å²) in [4.78, 5) is 39.7. The standard InChI is InChI=1S/C22H23N5O5/c1-12-5-6-13(2)15(9-12)23-18(28)11-26-20-19(24-25-26)21(29)27(22(20)30)14-7-8-16(31-3)17(10-14)32-4/h5-10,19-20H,11H2,1-4H3,(H,23,28)/t19-,20-/m1/s1. The van der Waals surface area contributed by atoms with E-state index >= 15 is 0 Å². The van der Waals surface area contributed by atoms with Gasteiger partial charge in [0.1, 0.15) is 6.54 Å². The zero-order chi connectivity index (χ0) is 23.0. The van der Waals surface area contributed by atoms with E-state index in [1.807, 2.05) is 32.0 Å². The number of hydrogen-bond acceptors (Lipinski definition) is 8. The smallest absolute Gasteiger partial charge is 0.263 e. The summed E-state index contributed by atoms with van der Waals surface area (Å²) in [6.07, 6.45) is 0. The molecule has 2 aliphatic rings. The molecule has 0 unspecified atom stereocenters. The number of fused-ring (bicyclic) bond motifs is 1. The van der Waals surface area contributed by atoms with Crippen LogP contribution in [0.4, 0.5) is 11.4 Å². The maximum Gasteiger partial charge on any atom is 0.263 e. The average molecular weight is 437 g/mol. The van der Waals surface area contributed by atoms with Crippen LogP contribution in [-0.4, -0.2) is 55.6 Å². The van der Waals surface area contributed by atoms with Crippen LogP contribution in [0.15, 0.2) is 46.7 Å². The van der Waals surface area contributed by atoms with Crippen molar-refractivity contribution in [1.29, 1.82) is 0 Å². The number of carbonyl (C=O) groups excluding carboxylic acids is 3. The summed E-state index contributed by atoms with van der Waals surface area (Å²) in [5, 5.41) is 12.0. The molecule has 10 heteroatoms. The fourth-order valence-electron chi connectivity index (χ4n) is 3.78. The molecule has 2 aromatic carbocycles. The molecule has 0 aromatic heterocycles. The highest BCUT2D eigenvalue weighted by Crippen LogP contribution is 2.36. The van der Waals surface area contributed by atoms with Crippen LogP contribution in [0.5, 0.6) is 11.5 Å². The van der Waals surface area contributed by atoms with Crippen LogP contribution in [0.25, 0.3) is 0 Å². The summed E-state index contributed by atoms with van der Waals surface area (Å²) in [5.41, 5.74) is 2.94. The molecule has 2 aliphatic heterocycles. The summed E-state index contributed by atoms with van der Waals surface area (Å²) in [5.74, 6) is -0.512. The topological polar surface area (TPSA) is 113 Å². The van der Waals surface area contributed by atoms with Crippen molar-refractivity contribution in [2.45, 2.75) is 25.9 Å². The Morgan fingerprint density at radius 2 is 1.78 bits per heavy atom. The molecule has 0 radical (unpaired) electrons. The van der Waals surface area contributed by atoms with E-state index in [0.717, 1.165) is 16.0 Å². The van der Waals surface area contributed by atoms with Gasteiger partial charge in [-0.2, -0.15) is 5.11 Å². The Labute approximate surface area is 184 Å². The van der Waals surface area contributed by atoms with E-state index in [4.69, 9.17) is 9.47 Å². The van der Waals surface area contributed by atoms with E-state index in [0.29, 0.717) is 22.9 Å². The Kier molecular flexibility index (Phi) is 5.52. The van der Waals surface area contributed by atoms with E-state index < -0.39 is 23.9 Å². The van der Waals surface area contributed by atoms with E-state index in [1.54, 1.807) is 18.2 Å². The van der Waals surface area contributed by atoms with Gasteiger partial charge < -0.3 is 14.8 Å².